The fraction of sp³-hybridized carbons (Fsp3) is 0.417. The number of hydrogen-bond donors (Lipinski definition) is 1. The second-order valence-corrected chi connectivity index (χ2v) is 4.98. The summed E-state index contributed by atoms with van der Waals surface area (Å²) in [5.74, 6) is 0. The molecule has 1 atom stereocenters. The minimum absolute atomic E-state index is 0.103. The summed E-state index contributed by atoms with van der Waals surface area (Å²) in [7, 11) is 0. The Morgan fingerprint density at radius 3 is 3.06 bits per heavy atom. The Kier molecular flexibility index (Phi) is 4.02. The molecule has 1 heterocycles. The maximum Gasteiger partial charge on any atom is 0.410 e. The molecule has 0 saturated carbocycles. The van der Waals surface area contributed by atoms with Crippen molar-refractivity contribution in [2.45, 2.75) is 19.0 Å². The Hall–Kier alpha value is -1.07. The average Bonchev–Trinajstić information content (AvgIpc) is 2.62. The summed E-state index contributed by atoms with van der Waals surface area (Å²) in [6.07, 6.45) is 0.531. The molecule has 1 aliphatic heterocycles. The summed E-state index contributed by atoms with van der Waals surface area (Å²) in [5, 5.41) is 0. The summed E-state index contributed by atoms with van der Waals surface area (Å²) in [6, 6.07) is 8.02. The van der Waals surface area contributed by atoms with Crippen LogP contribution in [0.1, 0.15) is 12.0 Å². The van der Waals surface area contributed by atoms with Crippen LogP contribution in [0.4, 0.5) is 4.79 Å². The van der Waals surface area contributed by atoms with Gasteiger partial charge in [0, 0.05) is 11.0 Å². The number of halogens is 1. The molecule has 2 rings (SSSR count). The summed E-state index contributed by atoms with van der Waals surface area (Å²) in [6.45, 7) is 1.59. The van der Waals surface area contributed by atoms with Gasteiger partial charge in [-0.3, -0.25) is 4.90 Å². The van der Waals surface area contributed by atoms with Crippen LogP contribution in [0.5, 0.6) is 0 Å². The molecule has 17 heavy (non-hydrogen) atoms. The van der Waals surface area contributed by atoms with Crippen LogP contribution >= 0.6 is 15.9 Å². The highest BCUT2D eigenvalue weighted by Gasteiger charge is 2.31. The van der Waals surface area contributed by atoms with Crippen LogP contribution in [0.2, 0.25) is 0 Å². The van der Waals surface area contributed by atoms with E-state index < -0.39 is 0 Å². The van der Waals surface area contributed by atoms with Crippen molar-refractivity contribution < 1.29 is 9.53 Å². The molecule has 0 radical (unpaired) electrons. The maximum absolute atomic E-state index is 11.6. The lowest BCUT2D eigenvalue weighted by Gasteiger charge is -2.20. The average molecular weight is 299 g/mol. The van der Waals surface area contributed by atoms with Gasteiger partial charge in [-0.25, -0.2) is 4.79 Å². The first kappa shape index (κ1) is 12.4. The lowest BCUT2D eigenvalue weighted by atomic mass is 10.1. The van der Waals surface area contributed by atoms with Crippen LogP contribution in [0, 0.1) is 0 Å². The van der Waals surface area contributed by atoms with Crippen LogP contribution in [0.15, 0.2) is 28.7 Å². The van der Waals surface area contributed by atoms with Gasteiger partial charge in [-0.05, 0) is 30.7 Å². The number of rotatable bonds is 4. The Morgan fingerprint density at radius 1 is 1.53 bits per heavy atom. The number of nitrogens with two attached hydrogens (primary N) is 1. The first-order valence-corrected chi connectivity index (χ1v) is 6.38. The molecule has 0 bridgehead atoms. The van der Waals surface area contributed by atoms with E-state index in [2.05, 4.69) is 15.9 Å². The van der Waals surface area contributed by atoms with Crippen molar-refractivity contribution in [1.82, 2.24) is 4.90 Å². The minimum atomic E-state index is -0.247. The van der Waals surface area contributed by atoms with Gasteiger partial charge in [-0.1, -0.05) is 28.1 Å². The van der Waals surface area contributed by atoms with Crippen LogP contribution in [-0.2, 0) is 11.3 Å². The third kappa shape index (κ3) is 2.98. The van der Waals surface area contributed by atoms with Gasteiger partial charge in [-0.2, -0.15) is 0 Å². The standard InChI is InChI=1S/C12H15BrN2O2/c13-10-3-1-2-9(6-10)7-15-11(4-5-14)8-17-12(15)16/h1-3,6,11H,4-5,7-8,14H2. The summed E-state index contributed by atoms with van der Waals surface area (Å²) in [5.41, 5.74) is 6.62. The van der Waals surface area contributed by atoms with Gasteiger partial charge in [0.25, 0.3) is 0 Å². The van der Waals surface area contributed by atoms with E-state index in [9.17, 15) is 4.79 Å². The van der Waals surface area contributed by atoms with E-state index in [1.54, 1.807) is 4.90 Å². The van der Waals surface area contributed by atoms with Crippen LogP contribution < -0.4 is 5.73 Å². The van der Waals surface area contributed by atoms with E-state index in [0.29, 0.717) is 19.7 Å². The molecule has 1 aliphatic rings. The van der Waals surface area contributed by atoms with Crippen molar-refractivity contribution in [2.24, 2.45) is 5.73 Å². The number of amides is 1. The fourth-order valence-electron chi connectivity index (χ4n) is 1.95. The molecule has 1 aromatic carbocycles. The van der Waals surface area contributed by atoms with Gasteiger partial charge < -0.3 is 10.5 Å². The maximum atomic E-state index is 11.6. The Morgan fingerprint density at radius 2 is 2.35 bits per heavy atom. The molecule has 1 unspecified atom stereocenters. The van der Waals surface area contributed by atoms with Crippen LogP contribution in [-0.4, -0.2) is 30.2 Å². The number of hydrogen-bond acceptors (Lipinski definition) is 3. The molecule has 0 aromatic heterocycles. The molecule has 1 aromatic rings. The largest absolute Gasteiger partial charge is 0.447 e. The van der Waals surface area contributed by atoms with E-state index in [4.69, 9.17) is 10.5 Å². The molecule has 92 valence electrons. The zero-order valence-corrected chi connectivity index (χ0v) is 11.0. The molecule has 5 heteroatoms. The highest BCUT2D eigenvalue weighted by atomic mass is 79.9. The SMILES string of the molecule is NCCC1COC(=O)N1Cc1cccc(Br)c1. The Labute approximate surface area is 109 Å². The van der Waals surface area contributed by atoms with Gasteiger partial charge in [0.2, 0.25) is 0 Å². The molecule has 0 spiro atoms. The summed E-state index contributed by atoms with van der Waals surface area (Å²) < 4.78 is 6.06. The van der Waals surface area contributed by atoms with Crippen molar-refractivity contribution in [1.29, 1.82) is 0 Å². The molecule has 0 aliphatic carbocycles. The molecule has 4 nitrogen and oxygen atoms in total. The lowest BCUT2D eigenvalue weighted by molar-refractivity contribution is 0.156. The number of ether oxygens (including phenoxy) is 1. The molecule has 1 fully saturated rings. The Bertz CT molecular complexity index is 411. The topological polar surface area (TPSA) is 55.6 Å². The smallest absolute Gasteiger partial charge is 0.410 e. The normalized spacial score (nSPS) is 19.5. The van der Waals surface area contributed by atoms with Crippen molar-refractivity contribution in [3.63, 3.8) is 0 Å². The minimum Gasteiger partial charge on any atom is -0.447 e. The number of cyclic esters (lactones) is 1. The number of carbonyl (C=O) groups is 1. The van der Waals surface area contributed by atoms with E-state index in [1.165, 1.54) is 0 Å². The predicted octanol–water partition coefficient (Wildman–Crippen LogP) is 2.12. The molecular formula is C12H15BrN2O2. The second-order valence-electron chi connectivity index (χ2n) is 4.07. The molecule has 1 saturated heterocycles. The predicted molar refractivity (Wildman–Crippen MR) is 68.5 cm³/mol. The van der Waals surface area contributed by atoms with Crippen molar-refractivity contribution in [3.05, 3.63) is 34.3 Å². The fourth-order valence-corrected chi connectivity index (χ4v) is 2.39. The first-order valence-electron chi connectivity index (χ1n) is 5.58. The lowest BCUT2D eigenvalue weighted by Crippen LogP contribution is -2.34. The third-order valence-corrected chi connectivity index (χ3v) is 3.31. The van der Waals surface area contributed by atoms with E-state index in [0.717, 1.165) is 16.5 Å². The van der Waals surface area contributed by atoms with Crippen molar-refractivity contribution in [2.75, 3.05) is 13.2 Å². The molecule has 1 amide bonds. The molecule has 2 N–H and O–H groups in total. The van der Waals surface area contributed by atoms with E-state index in [-0.39, 0.29) is 12.1 Å². The monoisotopic (exact) mass is 298 g/mol. The van der Waals surface area contributed by atoms with Crippen molar-refractivity contribution in [3.8, 4) is 0 Å². The zero-order valence-electron chi connectivity index (χ0n) is 9.43. The summed E-state index contributed by atoms with van der Waals surface area (Å²) >= 11 is 3.42. The van der Waals surface area contributed by atoms with Gasteiger partial charge in [0.15, 0.2) is 0 Å². The number of nitrogens with zero attached hydrogens (tertiary/aromatic N) is 1. The highest BCUT2D eigenvalue weighted by Crippen LogP contribution is 2.20. The zero-order chi connectivity index (χ0) is 12.3. The first-order chi connectivity index (χ1) is 8.20. The van der Waals surface area contributed by atoms with Gasteiger partial charge in [0.1, 0.15) is 6.61 Å². The Balaban J connectivity index is 2.08. The highest BCUT2D eigenvalue weighted by molar-refractivity contribution is 9.10. The number of carbonyl (C=O) groups excluding carboxylic acids is 1. The second kappa shape index (κ2) is 5.51. The van der Waals surface area contributed by atoms with E-state index in [1.807, 2.05) is 24.3 Å². The quantitative estimate of drug-likeness (QED) is 0.926. The van der Waals surface area contributed by atoms with Crippen LogP contribution in [0.3, 0.4) is 0 Å². The number of benzene rings is 1. The summed E-state index contributed by atoms with van der Waals surface area (Å²) in [4.78, 5) is 13.3. The van der Waals surface area contributed by atoms with Crippen LogP contribution in [0.25, 0.3) is 0 Å². The van der Waals surface area contributed by atoms with Crippen molar-refractivity contribution >= 4 is 22.0 Å². The van der Waals surface area contributed by atoms with E-state index >= 15 is 0 Å². The van der Waals surface area contributed by atoms with Gasteiger partial charge in [-0.15, -0.1) is 0 Å². The van der Waals surface area contributed by atoms with Gasteiger partial charge in [0.05, 0.1) is 6.04 Å². The van der Waals surface area contributed by atoms with Gasteiger partial charge >= 0.3 is 6.09 Å². The molecular weight excluding hydrogens is 284 g/mol. The third-order valence-electron chi connectivity index (χ3n) is 2.82.